The van der Waals surface area contributed by atoms with Crippen molar-refractivity contribution in [2.24, 2.45) is 0 Å². The van der Waals surface area contributed by atoms with E-state index >= 15 is 0 Å². The number of rotatable bonds is 4. The van der Waals surface area contributed by atoms with Crippen molar-refractivity contribution >= 4 is 19.1 Å². The summed E-state index contributed by atoms with van der Waals surface area (Å²) in [6, 6.07) is 4.38. The van der Waals surface area contributed by atoms with E-state index in [2.05, 4.69) is 5.32 Å². The highest BCUT2D eigenvalue weighted by Gasteiger charge is 2.18. The molecule has 0 saturated heterocycles. The van der Waals surface area contributed by atoms with Crippen LogP contribution in [0.4, 0.5) is 10.5 Å². The average molecular weight is 283 g/mol. The van der Waals surface area contributed by atoms with Gasteiger partial charge in [0.25, 0.3) is 0 Å². The molecule has 0 atom stereocenters. The third kappa shape index (κ3) is 5.37. The summed E-state index contributed by atoms with van der Waals surface area (Å²) in [7, 11) is -0.505. The van der Waals surface area contributed by atoms with Crippen molar-refractivity contribution in [1.29, 1.82) is 0 Å². The van der Waals surface area contributed by atoms with Gasteiger partial charge in [0.2, 0.25) is 0 Å². The molecule has 1 aromatic rings. The van der Waals surface area contributed by atoms with Crippen LogP contribution in [0, 0.1) is 0 Å². The van der Waals surface area contributed by atoms with Crippen LogP contribution in [-0.2, 0) is 4.74 Å². The zero-order chi connectivity index (χ0) is 15.3. The Morgan fingerprint density at radius 3 is 2.45 bits per heavy atom. The molecule has 0 aliphatic rings. The molecule has 1 aromatic carbocycles. The Balaban J connectivity index is 2.88. The fourth-order valence-corrected chi connectivity index (χ4v) is 1.39. The lowest BCUT2D eigenvalue weighted by Gasteiger charge is -2.20. The Morgan fingerprint density at radius 2 is 1.95 bits per heavy atom. The summed E-state index contributed by atoms with van der Waals surface area (Å²) in [5.74, 6) is 0.544. The van der Waals surface area contributed by atoms with E-state index < -0.39 is 19.0 Å². The second-order valence-corrected chi connectivity index (χ2v) is 4.93. The number of ether oxygens (including phenoxy) is 2. The van der Waals surface area contributed by atoms with E-state index in [1.807, 2.05) is 0 Å². The van der Waals surface area contributed by atoms with Gasteiger partial charge in [0.1, 0.15) is 17.1 Å². The molecule has 0 aliphatic carbocycles. The third-order valence-corrected chi connectivity index (χ3v) is 2.05. The van der Waals surface area contributed by atoms with Crippen LogP contribution in [0.25, 0.3) is 0 Å². The Hall–Kier alpha value is -1.93. The molecule has 1 rings (SSSR count). The summed E-state index contributed by atoms with van der Waals surface area (Å²) >= 11 is 0. The van der Waals surface area contributed by atoms with Crippen LogP contribution in [0.5, 0.6) is 11.5 Å². The van der Waals surface area contributed by atoms with E-state index in [0.29, 0.717) is 11.4 Å². The standard InChI is InChI=1S/C12H18BNO6/c1-12(2,3)19-11(15)14-9-7-8(20-13(16)17)5-6-10(9)18-4/h5-7,16-17H,1-4H3,(H,14,15). The molecule has 1 amide bonds. The van der Waals surface area contributed by atoms with Gasteiger partial charge in [0, 0.05) is 6.07 Å². The molecule has 7 nitrogen and oxygen atoms in total. The van der Waals surface area contributed by atoms with Crippen molar-refractivity contribution < 1.29 is 29.0 Å². The van der Waals surface area contributed by atoms with Crippen molar-refractivity contribution in [2.75, 3.05) is 12.4 Å². The SMILES string of the molecule is COc1ccc(OB(O)O)cc1NC(=O)OC(C)(C)C. The lowest BCUT2D eigenvalue weighted by Crippen LogP contribution is -2.27. The van der Waals surface area contributed by atoms with Gasteiger partial charge in [0.05, 0.1) is 12.8 Å². The summed E-state index contributed by atoms with van der Waals surface area (Å²) in [4.78, 5) is 11.7. The fourth-order valence-electron chi connectivity index (χ4n) is 1.39. The van der Waals surface area contributed by atoms with Crippen molar-refractivity contribution in [3.8, 4) is 11.5 Å². The van der Waals surface area contributed by atoms with Crippen molar-refractivity contribution in [2.45, 2.75) is 26.4 Å². The molecule has 0 radical (unpaired) electrons. The van der Waals surface area contributed by atoms with Gasteiger partial charge in [-0.2, -0.15) is 0 Å². The van der Waals surface area contributed by atoms with Gasteiger partial charge >= 0.3 is 13.4 Å². The minimum atomic E-state index is -1.95. The topological polar surface area (TPSA) is 97.3 Å². The summed E-state index contributed by atoms with van der Waals surface area (Å²) in [5, 5.41) is 20.0. The van der Waals surface area contributed by atoms with E-state index in [1.54, 1.807) is 20.8 Å². The first-order valence-electron chi connectivity index (χ1n) is 5.92. The normalized spacial score (nSPS) is 10.7. The Bertz CT molecular complexity index is 472. The fraction of sp³-hybridized carbons (Fsp3) is 0.417. The van der Waals surface area contributed by atoms with Crippen molar-refractivity contribution in [1.82, 2.24) is 0 Å². The molecule has 0 heterocycles. The summed E-state index contributed by atoms with van der Waals surface area (Å²) in [6.07, 6.45) is -0.655. The second-order valence-electron chi connectivity index (χ2n) is 4.93. The number of nitrogens with one attached hydrogen (secondary N) is 1. The molecule has 20 heavy (non-hydrogen) atoms. The number of amides is 1. The van der Waals surface area contributed by atoms with Crippen LogP contribution in [-0.4, -0.2) is 36.2 Å². The minimum absolute atomic E-state index is 0.159. The third-order valence-electron chi connectivity index (χ3n) is 2.05. The number of benzene rings is 1. The minimum Gasteiger partial charge on any atom is -0.512 e. The maximum atomic E-state index is 11.7. The van der Waals surface area contributed by atoms with Gasteiger partial charge in [-0.25, -0.2) is 4.79 Å². The maximum Gasteiger partial charge on any atom is 0.707 e. The van der Waals surface area contributed by atoms with Gasteiger partial charge < -0.3 is 24.2 Å². The maximum absolute atomic E-state index is 11.7. The first-order valence-corrected chi connectivity index (χ1v) is 5.92. The van der Waals surface area contributed by atoms with E-state index in [1.165, 1.54) is 25.3 Å². The van der Waals surface area contributed by atoms with Gasteiger partial charge in [-0.1, -0.05) is 0 Å². The van der Waals surface area contributed by atoms with E-state index in [-0.39, 0.29) is 5.75 Å². The first-order chi connectivity index (χ1) is 9.21. The molecule has 0 fully saturated rings. The largest absolute Gasteiger partial charge is 0.707 e. The lowest BCUT2D eigenvalue weighted by atomic mass is 10.2. The van der Waals surface area contributed by atoms with E-state index in [0.717, 1.165) is 0 Å². The van der Waals surface area contributed by atoms with E-state index in [9.17, 15) is 4.79 Å². The highest BCUT2D eigenvalue weighted by molar-refractivity contribution is 6.33. The van der Waals surface area contributed by atoms with Gasteiger partial charge in [-0.3, -0.25) is 5.32 Å². The molecule has 110 valence electrons. The molecule has 0 aromatic heterocycles. The number of anilines is 1. The predicted molar refractivity (Wildman–Crippen MR) is 73.7 cm³/mol. The Kier molecular flexibility index (Phi) is 5.23. The predicted octanol–water partition coefficient (Wildman–Crippen LogP) is 1.39. The van der Waals surface area contributed by atoms with Gasteiger partial charge in [-0.05, 0) is 32.9 Å². The smallest absolute Gasteiger partial charge is 0.512 e. The molecule has 0 unspecified atom stereocenters. The van der Waals surface area contributed by atoms with Crippen LogP contribution in [0.2, 0.25) is 0 Å². The highest BCUT2D eigenvalue weighted by atomic mass is 16.6. The van der Waals surface area contributed by atoms with Gasteiger partial charge in [-0.15, -0.1) is 0 Å². The summed E-state index contributed by atoms with van der Waals surface area (Å²) < 4.78 is 14.9. The quantitative estimate of drug-likeness (QED) is 0.722. The zero-order valence-corrected chi connectivity index (χ0v) is 11.8. The van der Waals surface area contributed by atoms with Crippen LogP contribution in [0.1, 0.15) is 20.8 Å². The molecule has 8 heteroatoms. The van der Waals surface area contributed by atoms with Crippen LogP contribution in [0.3, 0.4) is 0 Å². The number of hydrogen-bond acceptors (Lipinski definition) is 6. The molecular formula is C12H18BNO6. The van der Waals surface area contributed by atoms with Crippen LogP contribution >= 0.6 is 0 Å². The zero-order valence-electron chi connectivity index (χ0n) is 11.8. The summed E-state index contributed by atoms with van der Waals surface area (Å²) in [6.45, 7) is 5.22. The number of carbonyl (C=O) groups excluding carboxylic acids is 1. The molecule has 0 aliphatic heterocycles. The number of carbonyl (C=O) groups is 1. The average Bonchev–Trinajstić information content (AvgIpc) is 2.25. The second kappa shape index (κ2) is 6.49. The number of hydrogen-bond donors (Lipinski definition) is 3. The van der Waals surface area contributed by atoms with Gasteiger partial charge in [0.15, 0.2) is 0 Å². The molecular weight excluding hydrogens is 265 g/mol. The van der Waals surface area contributed by atoms with E-state index in [4.69, 9.17) is 24.2 Å². The highest BCUT2D eigenvalue weighted by Crippen LogP contribution is 2.29. The lowest BCUT2D eigenvalue weighted by molar-refractivity contribution is 0.0635. The monoisotopic (exact) mass is 283 g/mol. The van der Waals surface area contributed by atoms with Crippen LogP contribution in [0.15, 0.2) is 18.2 Å². The Morgan fingerprint density at radius 1 is 1.30 bits per heavy atom. The van der Waals surface area contributed by atoms with Crippen molar-refractivity contribution in [3.05, 3.63) is 18.2 Å². The Labute approximate surface area is 117 Å². The molecule has 0 spiro atoms. The summed E-state index contributed by atoms with van der Waals surface area (Å²) in [5.41, 5.74) is -0.341. The number of methoxy groups -OCH3 is 1. The van der Waals surface area contributed by atoms with Crippen LogP contribution < -0.4 is 14.7 Å². The molecule has 0 saturated carbocycles. The molecule has 0 bridgehead atoms. The first kappa shape index (κ1) is 16.1. The molecule has 3 N–H and O–H groups in total. The van der Waals surface area contributed by atoms with Crippen molar-refractivity contribution in [3.63, 3.8) is 0 Å².